The number of carbonyl (C=O) groups is 1. The van der Waals surface area contributed by atoms with Crippen LogP contribution in [0.5, 0.6) is 0 Å². The maximum absolute atomic E-state index is 12.3. The highest BCUT2D eigenvalue weighted by Gasteiger charge is 2.15. The van der Waals surface area contributed by atoms with Crippen LogP contribution >= 0.6 is 0 Å². The van der Waals surface area contributed by atoms with Crippen molar-refractivity contribution in [1.82, 2.24) is 10.3 Å². The molecule has 28 heavy (non-hydrogen) atoms. The van der Waals surface area contributed by atoms with Crippen LogP contribution in [-0.2, 0) is 11.2 Å². The third-order valence-electron chi connectivity index (χ3n) is 4.79. The smallest absolute Gasteiger partial charge is 0.226 e. The van der Waals surface area contributed by atoms with Gasteiger partial charge in [-0.2, -0.15) is 0 Å². The molecule has 1 amide bonds. The van der Waals surface area contributed by atoms with Crippen LogP contribution in [0.15, 0.2) is 59.0 Å². The number of aryl methyl sites for hydroxylation is 1. The fourth-order valence-electron chi connectivity index (χ4n) is 2.98. The molecule has 0 spiro atoms. The minimum absolute atomic E-state index is 0.120. The lowest BCUT2D eigenvalue weighted by atomic mass is 9.99. The number of rotatable bonds is 7. The SMILES string of the molecule is Cc1oc(-c2ccccc2)nc1CC(=O)NCC(N)c1ccc(C(C)C)cc1. The average Bonchev–Trinajstić information content (AvgIpc) is 3.07. The third kappa shape index (κ3) is 4.87. The maximum Gasteiger partial charge on any atom is 0.226 e. The molecule has 1 heterocycles. The first kappa shape index (κ1) is 19.8. The first-order chi connectivity index (χ1) is 13.4. The zero-order chi connectivity index (χ0) is 20.1. The number of nitrogens with two attached hydrogens (primary N) is 1. The molecule has 0 bridgehead atoms. The molecule has 1 unspecified atom stereocenters. The van der Waals surface area contributed by atoms with Gasteiger partial charge in [0.05, 0.1) is 12.1 Å². The lowest BCUT2D eigenvalue weighted by Gasteiger charge is -2.14. The van der Waals surface area contributed by atoms with Crippen molar-refractivity contribution < 1.29 is 9.21 Å². The number of benzene rings is 2. The fourth-order valence-corrected chi connectivity index (χ4v) is 2.98. The molecule has 0 fully saturated rings. The molecule has 0 saturated carbocycles. The monoisotopic (exact) mass is 377 g/mol. The Morgan fingerprint density at radius 3 is 2.36 bits per heavy atom. The van der Waals surface area contributed by atoms with Crippen molar-refractivity contribution in [2.24, 2.45) is 5.73 Å². The van der Waals surface area contributed by atoms with E-state index < -0.39 is 0 Å². The van der Waals surface area contributed by atoms with Gasteiger partial charge in [0.1, 0.15) is 5.76 Å². The van der Waals surface area contributed by atoms with Gasteiger partial charge in [0, 0.05) is 18.2 Å². The van der Waals surface area contributed by atoms with E-state index in [0.29, 0.717) is 29.8 Å². The Balaban J connectivity index is 1.56. The van der Waals surface area contributed by atoms with E-state index in [1.165, 1.54) is 5.56 Å². The van der Waals surface area contributed by atoms with Gasteiger partial charge in [0.2, 0.25) is 11.8 Å². The summed E-state index contributed by atoms with van der Waals surface area (Å²) in [5.41, 5.74) is 10.0. The number of hydrogen-bond donors (Lipinski definition) is 2. The molecule has 0 radical (unpaired) electrons. The van der Waals surface area contributed by atoms with Crippen LogP contribution in [0.3, 0.4) is 0 Å². The largest absolute Gasteiger partial charge is 0.441 e. The molecular formula is C23H27N3O2. The van der Waals surface area contributed by atoms with Crippen LogP contribution in [-0.4, -0.2) is 17.4 Å². The summed E-state index contributed by atoms with van der Waals surface area (Å²) in [4.78, 5) is 16.8. The van der Waals surface area contributed by atoms with Gasteiger partial charge in [-0.05, 0) is 36.1 Å². The molecule has 0 aliphatic heterocycles. The molecule has 5 heteroatoms. The lowest BCUT2D eigenvalue weighted by molar-refractivity contribution is -0.120. The van der Waals surface area contributed by atoms with Crippen molar-refractivity contribution in [3.8, 4) is 11.5 Å². The van der Waals surface area contributed by atoms with E-state index in [-0.39, 0.29) is 18.4 Å². The van der Waals surface area contributed by atoms with Gasteiger partial charge in [0.15, 0.2) is 0 Å². The molecule has 3 rings (SSSR count). The summed E-state index contributed by atoms with van der Waals surface area (Å²) in [6, 6.07) is 17.6. The Bertz CT molecular complexity index is 915. The Kier molecular flexibility index (Phi) is 6.26. The van der Waals surface area contributed by atoms with Crippen LogP contribution in [0.25, 0.3) is 11.5 Å². The molecule has 0 aliphatic rings. The number of nitrogens with zero attached hydrogens (tertiary/aromatic N) is 1. The highest BCUT2D eigenvalue weighted by atomic mass is 16.4. The van der Waals surface area contributed by atoms with Gasteiger partial charge in [-0.25, -0.2) is 4.98 Å². The van der Waals surface area contributed by atoms with Gasteiger partial charge in [0.25, 0.3) is 0 Å². The van der Waals surface area contributed by atoms with Crippen LogP contribution < -0.4 is 11.1 Å². The zero-order valence-corrected chi connectivity index (χ0v) is 16.6. The Labute approximate surface area is 166 Å². The number of nitrogens with one attached hydrogen (secondary N) is 1. The predicted octanol–water partition coefficient (Wildman–Crippen LogP) is 4.13. The van der Waals surface area contributed by atoms with E-state index in [9.17, 15) is 4.79 Å². The van der Waals surface area contributed by atoms with Crippen molar-refractivity contribution >= 4 is 5.91 Å². The van der Waals surface area contributed by atoms with Gasteiger partial charge in [-0.15, -0.1) is 0 Å². The molecule has 5 nitrogen and oxygen atoms in total. The Morgan fingerprint density at radius 2 is 1.71 bits per heavy atom. The second-order valence-electron chi connectivity index (χ2n) is 7.30. The van der Waals surface area contributed by atoms with Crippen molar-refractivity contribution in [3.05, 3.63) is 77.2 Å². The van der Waals surface area contributed by atoms with Gasteiger partial charge in [-0.1, -0.05) is 56.3 Å². The highest BCUT2D eigenvalue weighted by Crippen LogP contribution is 2.22. The molecule has 146 valence electrons. The standard InChI is InChI=1S/C23H27N3O2/c1-15(2)17-9-11-18(12-10-17)20(24)14-25-22(27)13-21-16(3)28-23(26-21)19-7-5-4-6-8-19/h4-12,15,20H,13-14,24H2,1-3H3,(H,25,27). The number of carbonyl (C=O) groups excluding carboxylic acids is 1. The van der Waals surface area contributed by atoms with Crippen LogP contribution in [0.1, 0.15) is 48.4 Å². The van der Waals surface area contributed by atoms with Gasteiger partial charge in [-0.3, -0.25) is 4.79 Å². The third-order valence-corrected chi connectivity index (χ3v) is 4.79. The molecule has 2 aromatic carbocycles. The first-order valence-corrected chi connectivity index (χ1v) is 9.58. The summed E-state index contributed by atoms with van der Waals surface area (Å²) in [7, 11) is 0. The summed E-state index contributed by atoms with van der Waals surface area (Å²) in [6.07, 6.45) is 0.168. The van der Waals surface area contributed by atoms with Crippen LogP contribution in [0.4, 0.5) is 0 Å². The van der Waals surface area contributed by atoms with Crippen LogP contribution in [0, 0.1) is 6.92 Å². The topological polar surface area (TPSA) is 81.2 Å². The van der Waals surface area contributed by atoms with E-state index in [0.717, 1.165) is 11.1 Å². The number of amides is 1. The highest BCUT2D eigenvalue weighted by molar-refractivity contribution is 5.78. The van der Waals surface area contributed by atoms with Gasteiger partial charge < -0.3 is 15.5 Å². The summed E-state index contributed by atoms with van der Waals surface area (Å²) in [6.45, 7) is 6.51. The molecule has 1 atom stereocenters. The fraction of sp³-hybridized carbons (Fsp3) is 0.304. The van der Waals surface area contributed by atoms with Gasteiger partial charge >= 0.3 is 0 Å². The normalized spacial score (nSPS) is 12.2. The van der Waals surface area contributed by atoms with E-state index in [1.807, 2.05) is 49.4 Å². The lowest BCUT2D eigenvalue weighted by Crippen LogP contribution is -2.33. The van der Waals surface area contributed by atoms with Crippen molar-refractivity contribution in [2.75, 3.05) is 6.54 Å². The Hall–Kier alpha value is -2.92. The van der Waals surface area contributed by atoms with E-state index >= 15 is 0 Å². The summed E-state index contributed by atoms with van der Waals surface area (Å²) in [5.74, 6) is 1.55. The minimum atomic E-state index is -0.247. The minimum Gasteiger partial charge on any atom is -0.441 e. The second kappa shape index (κ2) is 8.85. The molecule has 0 aliphatic carbocycles. The van der Waals surface area contributed by atoms with E-state index in [2.05, 4.69) is 36.3 Å². The number of oxazole rings is 1. The summed E-state index contributed by atoms with van der Waals surface area (Å²) < 4.78 is 5.71. The molecule has 0 saturated heterocycles. The predicted molar refractivity (Wildman–Crippen MR) is 111 cm³/mol. The first-order valence-electron chi connectivity index (χ1n) is 9.58. The molecule has 1 aromatic heterocycles. The van der Waals surface area contributed by atoms with Crippen molar-refractivity contribution in [3.63, 3.8) is 0 Å². The number of aromatic nitrogens is 1. The van der Waals surface area contributed by atoms with E-state index in [4.69, 9.17) is 10.2 Å². The quantitative estimate of drug-likeness (QED) is 0.649. The summed E-state index contributed by atoms with van der Waals surface area (Å²) in [5, 5.41) is 2.90. The van der Waals surface area contributed by atoms with Crippen LogP contribution in [0.2, 0.25) is 0 Å². The summed E-state index contributed by atoms with van der Waals surface area (Å²) >= 11 is 0. The maximum atomic E-state index is 12.3. The molecular weight excluding hydrogens is 350 g/mol. The zero-order valence-electron chi connectivity index (χ0n) is 16.6. The molecule has 3 N–H and O–H groups in total. The number of hydrogen-bond acceptors (Lipinski definition) is 4. The van der Waals surface area contributed by atoms with Crippen molar-refractivity contribution in [1.29, 1.82) is 0 Å². The second-order valence-corrected chi connectivity index (χ2v) is 7.30. The Morgan fingerprint density at radius 1 is 1.07 bits per heavy atom. The van der Waals surface area contributed by atoms with E-state index in [1.54, 1.807) is 0 Å². The van der Waals surface area contributed by atoms with Crippen molar-refractivity contribution in [2.45, 2.75) is 39.2 Å². The molecule has 3 aromatic rings. The average molecular weight is 377 g/mol.